The van der Waals surface area contributed by atoms with Gasteiger partial charge in [-0.05, 0) is 81.4 Å². The summed E-state index contributed by atoms with van der Waals surface area (Å²) >= 11 is 1.61. The molecular weight excluding hydrogens is 346 g/mol. The number of nitrogens with one attached hydrogen (secondary N) is 1. The minimum atomic E-state index is -0.106. The SMILES string of the molecule is C[C@@H](Sc1ccc2c(c1)OCCO2)C(=O)NC12CC3CC(CC(C3)C1)C2. The van der Waals surface area contributed by atoms with Gasteiger partial charge in [-0.3, -0.25) is 4.79 Å². The molecule has 140 valence electrons. The first-order valence-corrected chi connectivity index (χ1v) is 10.8. The second-order valence-electron chi connectivity index (χ2n) is 8.75. The molecule has 5 aliphatic rings. The van der Waals surface area contributed by atoms with Gasteiger partial charge in [0.2, 0.25) is 5.91 Å². The highest BCUT2D eigenvalue weighted by Gasteiger charge is 2.51. The third-order valence-electron chi connectivity index (χ3n) is 6.62. The van der Waals surface area contributed by atoms with Crippen molar-refractivity contribution in [3.8, 4) is 11.5 Å². The first kappa shape index (κ1) is 16.8. The van der Waals surface area contributed by atoms with Crippen LogP contribution in [0.4, 0.5) is 0 Å². The minimum Gasteiger partial charge on any atom is -0.486 e. The van der Waals surface area contributed by atoms with Crippen LogP contribution in [0, 0.1) is 17.8 Å². The molecule has 1 aliphatic heterocycles. The molecule has 4 saturated carbocycles. The molecule has 1 amide bonds. The first-order chi connectivity index (χ1) is 12.6. The number of hydrogen-bond acceptors (Lipinski definition) is 4. The number of thioether (sulfide) groups is 1. The lowest BCUT2D eigenvalue weighted by atomic mass is 9.53. The first-order valence-electron chi connectivity index (χ1n) is 9.97. The summed E-state index contributed by atoms with van der Waals surface area (Å²) in [6.07, 6.45) is 7.80. The van der Waals surface area contributed by atoms with Crippen LogP contribution < -0.4 is 14.8 Å². The molecular formula is C21H27NO3S. The zero-order valence-electron chi connectivity index (χ0n) is 15.3. The minimum absolute atomic E-state index is 0.0907. The molecule has 1 heterocycles. The van der Waals surface area contributed by atoms with E-state index >= 15 is 0 Å². The van der Waals surface area contributed by atoms with Crippen LogP contribution in [0.2, 0.25) is 0 Å². The monoisotopic (exact) mass is 373 g/mol. The Labute approximate surface area is 159 Å². The van der Waals surface area contributed by atoms with Crippen molar-refractivity contribution < 1.29 is 14.3 Å². The summed E-state index contributed by atoms with van der Waals surface area (Å²) in [5, 5.41) is 3.39. The number of hydrogen-bond donors (Lipinski definition) is 1. The van der Waals surface area contributed by atoms with Gasteiger partial charge < -0.3 is 14.8 Å². The van der Waals surface area contributed by atoms with E-state index < -0.39 is 0 Å². The standard InChI is InChI=1S/C21H27NO3S/c1-13(26-17-2-3-18-19(9-17)25-5-4-24-18)20(23)22-21-10-14-6-15(11-21)8-16(7-14)12-21/h2-3,9,13-16H,4-8,10-12H2,1H3,(H,22,23)/t13-,14?,15?,16?,21?/m1/s1. The van der Waals surface area contributed by atoms with Crippen LogP contribution in [-0.2, 0) is 4.79 Å². The number of amides is 1. The highest BCUT2D eigenvalue weighted by Crippen LogP contribution is 2.55. The molecule has 0 unspecified atom stereocenters. The van der Waals surface area contributed by atoms with Crippen molar-refractivity contribution in [1.82, 2.24) is 5.32 Å². The van der Waals surface area contributed by atoms with Gasteiger partial charge in [0.25, 0.3) is 0 Å². The van der Waals surface area contributed by atoms with Crippen molar-refractivity contribution in [2.45, 2.75) is 61.1 Å². The van der Waals surface area contributed by atoms with Gasteiger partial charge in [0.15, 0.2) is 11.5 Å². The van der Waals surface area contributed by atoms with Gasteiger partial charge in [-0.25, -0.2) is 0 Å². The Hall–Kier alpha value is -1.36. The summed E-state index contributed by atoms with van der Waals surface area (Å²) in [7, 11) is 0. The number of rotatable bonds is 4. The lowest BCUT2D eigenvalue weighted by Crippen LogP contribution is -2.60. The quantitative estimate of drug-likeness (QED) is 0.810. The summed E-state index contributed by atoms with van der Waals surface area (Å²) in [5.74, 6) is 4.32. The van der Waals surface area contributed by atoms with Gasteiger partial charge in [-0.2, -0.15) is 0 Å². The van der Waals surface area contributed by atoms with Crippen LogP contribution in [-0.4, -0.2) is 29.9 Å². The fourth-order valence-electron chi connectivity index (χ4n) is 5.98. The number of carbonyl (C=O) groups excluding carboxylic acids is 1. The van der Waals surface area contributed by atoms with Crippen molar-refractivity contribution in [3.05, 3.63) is 18.2 Å². The molecule has 4 nitrogen and oxygen atoms in total. The Kier molecular flexibility index (Phi) is 4.11. The molecule has 1 aromatic carbocycles. The molecule has 4 aliphatic carbocycles. The highest BCUT2D eigenvalue weighted by molar-refractivity contribution is 8.00. The topological polar surface area (TPSA) is 47.6 Å². The van der Waals surface area contributed by atoms with Crippen LogP contribution >= 0.6 is 11.8 Å². The van der Waals surface area contributed by atoms with Gasteiger partial charge in [0, 0.05) is 10.4 Å². The van der Waals surface area contributed by atoms with Gasteiger partial charge in [0.05, 0.1) is 5.25 Å². The Morgan fingerprint density at radius 1 is 1.08 bits per heavy atom. The largest absolute Gasteiger partial charge is 0.486 e. The van der Waals surface area contributed by atoms with Crippen molar-refractivity contribution in [2.75, 3.05) is 13.2 Å². The molecule has 6 rings (SSSR count). The lowest BCUT2D eigenvalue weighted by Gasteiger charge is -2.57. The third-order valence-corrected chi connectivity index (χ3v) is 7.72. The molecule has 1 aromatic rings. The van der Waals surface area contributed by atoms with E-state index in [1.807, 2.05) is 25.1 Å². The molecule has 0 radical (unpaired) electrons. The van der Waals surface area contributed by atoms with E-state index in [0.29, 0.717) is 13.2 Å². The normalized spacial score (nSPS) is 35.2. The van der Waals surface area contributed by atoms with Crippen LogP contribution in [0.1, 0.15) is 45.4 Å². The molecule has 26 heavy (non-hydrogen) atoms. The van der Waals surface area contributed by atoms with E-state index in [4.69, 9.17) is 9.47 Å². The second-order valence-corrected chi connectivity index (χ2v) is 10.2. The summed E-state index contributed by atoms with van der Waals surface area (Å²) in [4.78, 5) is 14.0. The van der Waals surface area contributed by atoms with E-state index in [0.717, 1.165) is 34.1 Å². The summed E-state index contributed by atoms with van der Waals surface area (Å²) in [6.45, 7) is 3.20. The Balaban J connectivity index is 1.25. The van der Waals surface area contributed by atoms with Gasteiger partial charge in [-0.1, -0.05) is 0 Å². The average molecular weight is 374 g/mol. The van der Waals surface area contributed by atoms with Crippen molar-refractivity contribution >= 4 is 17.7 Å². The van der Waals surface area contributed by atoms with Crippen LogP contribution in [0.3, 0.4) is 0 Å². The number of carbonyl (C=O) groups is 1. The van der Waals surface area contributed by atoms with Crippen molar-refractivity contribution in [2.24, 2.45) is 17.8 Å². The third kappa shape index (κ3) is 3.08. The van der Waals surface area contributed by atoms with Gasteiger partial charge >= 0.3 is 0 Å². The summed E-state index contributed by atoms with van der Waals surface area (Å²) in [6, 6.07) is 5.96. The Morgan fingerprint density at radius 3 is 2.35 bits per heavy atom. The molecule has 4 bridgehead atoms. The molecule has 4 fully saturated rings. The molecule has 1 atom stereocenters. The van der Waals surface area contributed by atoms with Gasteiger partial charge in [-0.15, -0.1) is 11.8 Å². The van der Waals surface area contributed by atoms with Crippen molar-refractivity contribution in [1.29, 1.82) is 0 Å². The Morgan fingerprint density at radius 2 is 1.69 bits per heavy atom. The predicted octanol–water partition coefficient (Wildman–Crippen LogP) is 4.02. The maximum Gasteiger partial charge on any atom is 0.233 e. The maximum absolute atomic E-state index is 12.9. The zero-order valence-corrected chi connectivity index (χ0v) is 16.1. The molecule has 0 spiro atoms. The summed E-state index contributed by atoms with van der Waals surface area (Å²) < 4.78 is 11.2. The number of fused-ring (bicyclic) bond motifs is 1. The van der Waals surface area contributed by atoms with E-state index in [1.165, 1.54) is 38.5 Å². The summed E-state index contributed by atoms with van der Waals surface area (Å²) in [5.41, 5.74) is 0.0907. The molecule has 5 heteroatoms. The maximum atomic E-state index is 12.9. The fraction of sp³-hybridized carbons (Fsp3) is 0.667. The highest BCUT2D eigenvalue weighted by atomic mass is 32.2. The molecule has 0 saturated heterocycles. The van der Waals surface area contributed by atoms with Crippen LogP contribution in [0.5, 0.6) is 11.5 Å². The van der Waals surface area contributed by atoms with Crippen molar-refractivity contribution in [3.63, 3.8) is 0 Å². The fourth-order valence-corrected chi connectivity index (χ4v) is 6.88. The van der Waals surface area contributed by atoms with E-state index in [-0.39, 0.29) is 16.7 Å². The average Bonchev–Trinajstić information content (AvgIpc) is 2.60. The Bertz CT molecular complexity index is 684. The van der Waals surface area contributed by atoms with E-state index in [9.17, 15) is 4.79 Å². The molecule has 1 N–H and O–H groups in total. The van der Waals surface area contributed by atoms with E-state index in [2.05, 4.69) is 5.32 Å². The van der Waals surface area contributed by atoms with Crippen LogP contribution in [0.15, 0.2) is 23.1 Å². The number of benzene rings is 1. The smallest absolute Gasteiger partial charge is 0.233 e. The lowest BCUT2D eigenvalue weighted by molar-refractivity contribution is -0.126. The predicted molar refractivity (Wildman–Crippen MR) is 102 cm³/mol. The van der Waals surface area contributed by atoms with Crippen LogP contribution in [0.25, 0.3) is 0 Å². The second kappa shape index (κ2) is 6.36. The zero-order chi connectivity index (χ0) is 17.7. The molecule has 0 aromatic heterocycles. The number of ether oxygens (including phenoxy) is 2. The van der Waals surface area contributed by atoms with E-state index in [1.54, 1.807) is 11.8 Å². The van der Waals surface area contributed by atoms with Gasteiger partial charge in [0.1, 0.15) is 13.2 Å².